The lowest BCUT2D eigenvalue weighted by Gasteiger charge is -2.29. The minimum Gasteiger partial charge on any atom is -0.422 e. The van der Waals surface area contributed by atoms with Crippen molar-refractivity contribution in [1.82, 2.24) is 0 Å². The van der Waals surface area contributed by atoms with Gasteiger partial charge < -0.3 is 9.26 Å². The lowest BCUT2D eigenvalue weighted by Crippen LogP contribution is -2.32. The highest BCUT2D eigenvalue weighted by atomic mass is 31.2. The summed E-state index contributed by atoms with van der Waals surface area (Å²) in [6.45, 7) is 0.488. The molecule has 0 saturated heterocycles. The van der Waals surface area contributed by atoms with Gasteiger partial charge in [-0.05, 0) is 23.2 Å². The Labute approximate surface area is 151 Å². The third-order valence-electron chi connectivity index (χ3n) is 3.68. The van der Waals surface area contributed by atoms with Gasteiger partial charge in [0.2, 0.25) is 0 Å². The topological polar surface area (TPSA) is 93.5 Å². The number of ether oxygens (including phenoxy) is 1. The number of rotatable bonds is 7. The predicted molar refractivity (Wildman–Crippen MR) is 97.7 cm³/mol. The summed E-state index contributed by atoms with van der Waals surface area (Å²) < 4.78 is 29.7. The summed E-state index contributed by atoms with van der Waals surface area (Å²) in [6.07, 6.45) is 0.845. The summed E-state index contributed by atoms with van der Waals surface area (Å²) >= 11 is 0. The zero-order chi connectivity index (χ0) is 18.2. The largest absolute Gasteiger partial charge is 0.422 e. The highest BCUT2D eigenvalue weighted by molar-refractivity contribution is 7.57. The Morgan fingerprint density at radius 3 is 2.50 bits per heavy atom. The SMILES string of the molecule is [N-]=[N+]=N[C@@H]1C=C[P@@](=O)(Oc2ccccc2)O[C@@H]1COCc1ccccc1. The van der Waals surface area contributed by atoms with Crippen LogP contribution >= 0.6 is 7.60 Å². The molecule has 0 aliphatic carbocycles. The summed E-state index contributed by atoms with van der Waals surface area (Å²) in [7, 11) is -3.51. The second kappa shape index (κ2) is 8.70. The van der Waals surface area contributed by atoms with Gasteiger partial charge in [-0.1, -0.05) is 59.7 Å². The summed E-state index contributed by atoms with van der Waals surface area (Å²) in [5.41, 5.74) is 9.74. The van der Waals surface area contributed by atoms with Crippen molar-refractivity contribution >= 4 is 7.60 Å². The van der Waals surface area contributed by atoms with Crippen LogP contribution in [0.3, 0.4) is 0 Å². The third kappa shape index (κ3) is 4.97. The molecule has 3 atom stereocenters. The van der Waals surface area contributed by atoms with E-state index in [1.807, 2.05) is 36.4 Å². The molecular weight excluding hydrogens is 353 g/mol. The molecular formula is C18H18N3O4P. The molecule has 3 rings (SSSR count). The molecule has 7 nitrogen and oxygen atoms in total. The van der Waals surface area contributed by atoms with Crippen molar-refractivity contribution < 1.29 is 18.3 Å². The first-order valence-corrected chi connectivity index (χ1v) is 9.68. The van der Waals surface area contributed by atoms with E-state index < -0.39 is 19.7 Å². The molecule has 2 aromatic carbocycles. The van der Waals surface area contributed by atoms with Crippen LogP contribution in [0.2, 0.25) is 0 Å². The first kappa shape index (κ1) is 18.2. The zero-order valence-corrected chi connectivity index (χ0v) is 14.8. The van der Waals surface area contributed by atoms with E-state index in [0.717, 1.165) is 5.56 Å². The highest BCUT2D eigenvalue weighted by Gasteiger charge is 2.36. The maximum atomic E-state index is 12.9. The molecule has 26 heavy (non-hydrogen) atoms. The summed E-state index contributed by atoms with van der Waals surface area (Å²) in [4.78, 5) is 2.82. The van der Waals surface area contributed by atoms with Crippen LogP contribution in [0.1, 0.15) is 5.56 Å². The lowest BCUT2D eigenvalue weighted by atomic mass is 10.2. The maximum Gasteiger partial charge on any atom is 0.403 e. The second-order valence-electron chi connectivity index (χ2n) is 5.63. The van der Waals surface area contributed by atoms with E-state index >= 15 is 0 Å². The smallest absolute Gasteiger partial charge is 0.403 e. The molecule has 0 fully saturated rings. The van der Waals surface area contributed by atoms with Gasteiger partial charge in [0.15, 0.2) is 0 Å². The second-order valence-corrected chi connectivity index (χ2v) is 7.40. The summed E-state index contributed by atoms with van der Waals surface area (Å²) in [5.74, 6) is 1.76. The quantitative estimate of drug-likeness (QED) is 0.294. The molecule has 0 saturated carbocycles. The minimum atomic E-state index is -3.51. The average Bonchev–Trinajstić information content (AvgIpc) is 2.66. The molecule has 0 N–H and O–H groups in total. The Morgan fingerprint density at radius 1 is 1.12 bits per heavy atom. The molecule has 1 aliphatic rings. The minimum absolute atomic E-state index is 0.116. The van der Waals surface area contributed by atoms with Crippen molar-refractivity contribution in [2.24, 2.45) is 5.11 Å². The number of hydrogen-bond donors (Lipinski definition) is 0. The van der Waals surface area contributed by atoms with E-state index in [2.05, 4.69) is 10.0 Å². The molecule has 1 heterocycles. The van der Waals surface area contributed by atoms with Crippen LogP contribution < -0.4 is 4.52 Å². The number of hydrogen-bond acceptors (Lipinski definition) is 5. The monoisotopic (exact) mass is 371 g/mol. The Bertz CT molecular complexity index is 838. The van der Waals surface area contributed by atoms with Gasteiger partial charge in [-0.3, -0.25) is 4.52 Å². The molecule has 8 heteroatoms. The van der Waals surface area contributed by atoms with Crippen molar-refractivity contribution in [2.45, 2.75) is 18.8 Å². The molecule has 0 radical (unpaired) electrons. The molecule has 0 unspecified atom stereocenters. The van der Waals surface area contributed by atoms with Crippen LogP contribution in [0, 0.1) is 0 Å². The van der Waals surface area contributed by atoms with Crippen LogP contribution in [-0.2, 0) is 20.4 Å². The molecule has 0 spiro atoms. The molecule has 0 aromatic heterocycles. The molecule has 1 aliphatic heterocycles. The number of nitrogens with zero attached hydrogens (tertiary/aromatic N) is 3. The van der Waals surface area contributed by atoms with Gasteiger partial charge in [-0.25, -0.2) is 4.57 Å². The average molecular weight is 371 g/mol. The van der Waals surface area contributed by atoms with Crippen LogP contribution in [0.25, 0.3) is 10.4 Å². The van der Waals surface area contributed by atoms with E-state index in [0.29, 0.717) is 12.4 Å². The highest BCUT2D eigenvalue weighted by Crippen LogP contribution is 2.53. The fourth-order valence-corrected chi connectivity index (χ4v) is 3.99. The standard InChI is InChI=1S/C18H18N3O4P/c19-21-20-17-11-12-26(22,24-16-9-5-2-6-10-16)25-18(17)14-23-13-15-7-3-1-4-8-15/h1-12,17-18H,13-14H2/t17-,18-,26-/m1/s1. The van der Waals surface area contributed by atoms with Crippen LogP contribution in [-0.4, -0.2) is 18.8 Å². The van der Waals surface area contributed by atoms with E-state index in [1.54, 1.807) is 30.3 Å². The van der Waals surface area contributed by atoms with E-state index in [1.165, 1.54) is 5.82 Å². The fourth-order valence-electron chi connectivity index (χ4n) is 2.45. The third-order valence-corrected chi connectivity index (χ3v) is 5.25. The van der Waals surface area contributed by atoms with Gasteiger partial charge in [0.05, 0.1) is 19.3 Å². The van der Waals surface area contributed by atoms with Crippen molar-refractivity contribution in [3.8, 4) is 5.75 Å². The van der Waals surface area contributed by atoms with Gasteiger partial charge in [0.25, 0.3) is 0 Å². The Hall–Kier alpha value is -2.56. The van der Waals surface area contributed by atoms with E-state index in [-0.39, 0.29) is 6.61 Å². The van der Waals surface area contributed by atoms with Crippen LogP contribution in [0.4, 0.5) is 0 Å². The Balaban J connectivity index is 1.67. The molecule has 134 valence electrons. The fraction of sp³-hybridized carbons (Fsp3) is 0.222. The van der Waals surface area contributed by atoms with Gasteiger partial charge in [-0.2, -0.15) is 0 Å². The Morgan fingerprint density at radius 2 is 1.81 bits per heavy atom. The number of azide groups is 1. The molecule has 2 aromatic rings. The summed E-state index contributed by atoms with van der Waals surface area (Å²) in [5, 5.41) is 3.68. The van der Waals surface area contributed by atoms with Gasteiger partial charge in [0, 0.05) is 10.7 Å². The summed E-state index contributed by atoms with van der Waals surface area (Å²) in [6, 6.07) is 17.8. The van der Waals surface area contributed by atoms with Crippen LogP contribution in [0.5, 0.6) is 5.75 Å². The van der Waals surface area contributed by atoms with Gasteiger partial charge in [0.1, 0.15) is 11.9 Å². The normalized spacial score (nSPS) is 24.6. The van der Waals surface area contributed by atoms with Crippen molar-refractivity contribution in [1.29, 1.82) is 0 Å². The zero-order valence-electron chi connectivity index (χ0n) is 13.9. The number of benzene rings is 2. The van der Waals surface area contributed by atoms with Crippen molar-refractivity contribution in [3.63, 3.8) is 0 Å². The lowest BCUT2D eigenvalue weighted by molar-refractivity contribution is 0.0306. The van der Waals surface area contributed by atoms with Gasteiger partial charge in [-0.15, -0.1) is 0 Å². The molecule has 0 amide bonds. The van der Waals surface area contributed by atoms with Crippen molar-refractivity contribution in [2.75, 3.05) is 6.61 Å². The predicted octanol–water partition coefficient (Wildman–Crippen LogP) is 5.07. The van der Waals surface area contributed by atoms with Gasteiger partial charge >= 0.3 is 7.60 Å². The Kier molecular flexibility index (Phi) is 6.10. The van der Waals surface area contributed by atoms with E-state index in [9.17, 15) is 4.57 Å². The maximum absolute atomic E-state index is 12.9. The molecule has 0 bridgehead atoms. The van der Waals surface area contributed by atoms with E-state index in [4.69, 9.17) is 19.3 Å². The van der Waals surface area contributed by atoms with Crippen molar-refractivity contribution in [3.05, 3.63) is 88.6 Å². The first-order valence-electron chi connectivity index (χ1n) is 8.06. The number of para-hydroxylation sites is 1. The first-order chi connectivity index (χ1) is 12.7. The van der Waals surface area contributed by atoms with Crippen LogP contribution in [0.15, 0.2) is 77.7 Å².